The topological polar surface area (TPSA) is 50.5 Å². The Labute approximate surface area is 83.0 Å². The molecule has 0 fully saturated rings. The van der Waals surface area contributed by atoms with Gasteiger partial charge in [0.15, 0.2) is 0 Å². The molecular formula is C9H14N4O. The molecule has 5 nitrogen and oxygen atoms in total. The molecule has 1 heterocycles. The van der Waals surface area contributed by atoms with Crippen molar-refractivity contribution in [2.24, 2.45) is 12.1 Å². The van der Waals surface area contributed by atoms with Crippen LogP contribution in [-0.4, -0.2) is 34.5 Å². The van der Waals surface area contributed by atoms with Gasteiger partial charge in [-0.25, -0.2) is 5.01 Å². The molecule has 0 aromatic carbocycles. The third-order valence-corrected chi connectivity index (χ3v) is 2.09. The van der Waals surface area contributed by atoms with Crippen molar-refractivity contribution in [2.45, 2.75) is 13.8 Å². The van der Waals surface area contributed by atoms with Crippen LogP contribution in [0.2, 0.25) is 0 Å². The van der Waals surface area contributed by atoms with Crippen molar-refractivity contribution in [1.29, 1.82) is 0 Å². The number of hydrogen-bond acceptors (Lipinski definition) is 3. The van der Waals surface area contributed by atoms with E-state index in [1.165, 1.54) is 5.01 Å². The Balaban J connectivity index is 2.96. The van der Waals surface area contributed by atoms with Gasteiger partial charge < -0.3 is 0 Å². The van der Waals surface area contributed by atoms with E-state index in [9.17, 15) is 4.79 Å². The van der Waals surface area contributed by atoms with Gasteiger partial charge in [-0.15, -0.1) is 0 Å². The van der Waals surface area contributed by atoms with Crippen LogP contribution >= 0.6 is 0 Å². The zero-order valence-electron chi connectivity index (χ0n) is 8.85. The number of hydrogen-bond donors (Lipinski definition) is 0. The average Bonchev–Trinajstić information content (AvgIpc) is 2.39. The van der Waals surface area contributed by atoms with E-state index in [4.69, 9.17) is 0 Å². The van der Waals surface area contributed by atoms with Gasteiger partial charge in [-0.2, -0.15) is 10.2 Å². The Morgan fingerprint density at radius 1 is 1.50 bits per heavy atom. The molecule has 0 saturated carbocycles. The molecule has 76 valence electrons. The molecule has 1 aromatic heterocycles. The molecule has 0 spiro atoms. The second kappa shape index (κ2) is 4.04. The molecule has 0 unspecified atom stereocenters. The first kappa shape index (κ1) is 10.4. The van der Waals surface area contributed by atoms with Crippen LogP contribution in [0, 0.1) is 13.8 Å². The molecular weight excluding hydrogens is 180 g/mol. The molecule has 14 heavy (non-hydrogen) atoms. The van der Waals surface area contributed by atoms with Gasteiger partial charge in [0.25, 0.3) is 0 Å². The largest absolute Gasteiger partial charge is 0.277 e. The number of aromatic nitrogens is 2. The summed E-state index contributed by atoms with van der Waals surface area (Å²) in [6.45, 7) is 3.87. The van der Waals surface area contributed by atoms with Gasteiger partial charge in [-0.3, -0.25) is 9.48 Å². The summed E-state index contributed by atoms with van der Waals surface area (Å²) in [4.78, 5) is 10.3. The lowest BCUT2D eigenvalue weighted by molar-refractivity contribution is -0.116. The zero-order valence-corrected chi connectivity index (χ0v) is 8.85. The Bertz CT molecular complexity index is 367. The fraction of sp³-hybridized carbons (Fsp3) is 0.444. The second-order valence-electron chi connectivity index (χ2n) is 3.13. The van der Waals surface area contributed by atoms with Crippen LogP contribution in [0.1, 0.15) is 17.0 Å². The summed E-state index contributed by atoms with van der Waals surface area (Å²) < 4.78 is 1.79. The van der Waals surface area contributed by atoms with Gasteiger partial charge in [-0.05, 0) is 13.8 Å². The molecule has 0 bridgehead atoms. The fourth-order valence-electron chi connectivity index (χ4n) is 1.15. The Kier molecular flexibility index (Phi) is 3.01. The molecule has 0 saturated heterocycles. The predicted octanol–water partition coefficient (Wildman–Crippen LogP) is 0.459. The van der Waals surface area contributed by atoms with Crippen molar-refractivity contribution < 1.29 is 4.79 Å². The lowest BCUT2D eigenvalue weighted by atomic mass is 10.2. The molecule has 0 radical (unpaired) electrons. The molecule has 0 aliphatic carbocycles. The third-order valence-electron chi connectivity index (χ3n) is 2.09. The SMILES string of the molecule is Cc1nn(C)c(C)c1/C=N/N(C)C=O. The van der Waals surface area contributed by atoms with Crippen molar-refractivity contribution in [3.05, 3.63) is 17.0 Å². The minimum absolute atomic E-state index is 0.650. The average molecular weight is 194 g/mol. The summed E-state index contributed by atoms with van der Waals surface area (Å²) in [6.07, 6.45) is 2.30. The van der Waals surface area contributed by atoms with Crippen LogP contribution < -0.4 is 0 Å². The number of nitrogens with zero attached hydrogens (tertiary/aromatic N) is 4. The summed E-state index contributed by atoms with van der Waals surface area (Å²) in [5, 5.41) is 9.38. The molecule has 1 aromatic rings. The molecule has 0 aliphatic heterocycles. The molecule has 0 N–H and O–H groups in total. The van der Waals surface area contributed by atoms with Crippen LogP contribution in [-0.2, 0) is 11.8 Å². The number of aryl methyl sites for hydroxylation is 2. The van der Waals surface area contributed by atoms with Gasteiger partial charge in [0.2, 0.25) is 6.41 Å². The standard InChI is InChI=1S/C9H14N4O/c1-7-9(5-10-12(3)6-14)8(2)13(4)11-7/h5-6H,1-4H3/b10-5+. The normalized spacial score (nSPS) is 10.9. The number of amides is 1. The monoisotopic (exact) mass is 194 g/mol. The van der Waals surface area contributed by atoms with Gasteiger partial charge >= 0.3 is 0 Å². The number of carbonyl (C=O) groups excluding carboxylic acids is 1. The van der Waals surface area contributed by atoms with E-state index in [-0.39, 0.29) is 0 Å². The first-order chi connectivity index (χ1) is 6.56. The number of rotatable bonds is 3. The maximum Gasteiger partial charge on any atom is 0.229 e. The highest BCUT2D eigenvalue weighted by Gasteiger charge is 2.06. The van der Waals surface area contributed by atoms with Gasteiger partial charge in [0, 0.05) is 25.4 Å². The summed E-state index contributed by atoms with van der Waals surface area (Å²) >= 11 is 0. The summed E-state index contributed by atoms with van der Waals surface area (Å²) in [7, 11) is 3.47. The fourth-order valence-corrected chi connectivity index (χ4v) is 1.15. The van der Waals surface area contributed by atoms with Gasteiger partial charge in [0.1, 0.15) is 0 Å². The van der Waals surface area contributed by atoms with E-state index in [2.05, 4.69) is 10.2 Å². The molecule has 1 rings (SSSR count). The highest BCUT2D eigenvalue weighted by molar-refractivity contribution is 5.82. The quantitative estimate of drug-likeness (QED) is 0.399. The van der Waals surface area contributed by atoms with Crippen molar-refractivity contribution in [1.82, 2.24) is 14.8 Å². The Morgan fingerprint density at radius 3 is 2.57 bits per heavy atom. The molecule has 5 heteroatoms. The maximum atomic E-state index is 10.3. The lowest BCUT2D eigenvalue weighted by Gasteiger charge is -2.00. The summed E-state index contributed by atoms with van der Waals surface area (Å²) in [5.74, 6) is 0. The van der Waals surface area contributed by atoms with Crippen molar-refractivity contribution in [3.8, 4) is 0 Å². The van der Waals surface area contributed by atoms with E-state index in [0.717, 1.165) is 17.0 Å². The number of carbonyl (C=O) groups is 1. The van der Waals surface area contributed by atoms with E-state index < -0.39 is 0 Å². The van der Waals surface area contributed by atoms with E-state index in [0.29, 0.717) is 6.41 Å². The first-order valence-corrected chi connectivity index (χ1v) is 4.28. The molecule has 1 amide bonds. The van der Waals surface area contributed by atoms with Crippen LogP contribution in [0.3, 0.4) is 0 Å². The van der Waals surface area contributed by atoms with Crippen LogP contribution in [0.15, 0.2) is 5.10 Å². The number of hydrazone groups is 1. The van der Waals surface area contributed by atoms with Crippen molar-refractivity contribution in [3.63, 3.8) is 0 Å². The minimum atomic E-state index is 0.650. The Morgan fingerprint density at radius 2 is 2.14 bits per heavy atom. The first-order valence-electron chi connectivity index (χ1n) is 4.28. The lowest BCUT2D eigenvalue weighted by Crippen LogP contribution is -2.07. The van der Waals surface area contributed by atoms with Gasteiger partial charge in [0.05, 0.1) is 11.9 Å². The molecule has 0 aliphatic rings. The van der Waals surface area contributed by atoms with E-state index in [1.807, 2.05) is 20.9 Å². The highest BCUT2D eigenvalue weighted by atomic mass is 16.1. The third kappa shape index (κ3) is 1.99. The predicted molar refractivity (Wildman–Crippen MR) is 54.1 cm³/mol. The summed E-state index contributed by atoms with van der Waals surface area (Å²) in [5.41, 5.74) is 2.90. The minimum Gasteiger partial charge on any atom is -0.277 e. The van der Waals surface area contributed by atoms with E-state index >= 15 is 0 Å². The van der Waals surface area contributed by atoms with Crippen LogP contribution in [0.25, 0.3) is 0 Å². The van der Waals surface area contributed by atoms with Crippen molar-refractivity contribution in [2.75, 3.05) is 7.05 Å². The highest BCUT2D eigenvalue weighted by Crippen LogP contribution is 2.08. The Hall–Kier alpha value is -1.65. The van der Waals surface area contributed by atoms with Crippen LogP contribution in [0.5, 0.6) is 0 Å². The van der Waals surface area contributed by atoms with Crippen molar-refractivity contribution >= 4 is 12.6 Å². The maximum absolute atomic E-state index is 10.3. The van der Waals surface area contributed by atoms with E-state index in [1.54, 1.807) is 17.9 Å². The molecule has 0 atom stereocenters. The zero-order chi connectivity index (χ0) is 10.7. The second-order valence-corrected chi connectivity index (χ2v) is 3.13. The summed E-state index contributed by atoms with van der Waals surface area (Å²) in [6, 6.07) is 0. The van der Waals surface area contributed by atoms with Crippen LogP contribution in [0.4, 0.5) is 0 Å². The smallest absolute Gasteiger partial charge is 0.229 e. The van der Waals surface area contributed by atoms with Gasteiger partial charge in [-0.1, -0.05) is 0 Å².